The fraction of sp³-hybridized carbons (Fsp3) is 0.240. The molecule has 3 aromatic carbocycles. The summed E-state index contributed by atoms with van der Waals surface area (Å²) in [6, 6.07) is 21.6. The van der Waals surface area contributed by atoms with Crippen LogP contribution in [0, 0.1) is 6.92 Å². The molecule has 0 bridgehead atoms. The highest BCUT2D eigenvalue weighted by atomic mass is 79.9. The van der Waals surface area contributed by atoms with E-state index in [0.717, 1.165) is 32.3 Å². The topological polar surface area (TPSA) is 78.8 Å². The van der Waals surface area contributed by atoms with E-state index in [0.29, 0.717) is 5.56 Å². The molecule has 0 heterocycles. The summed E-state index contributed by atoms with van der Waals surface area (Å²) in [6.07, 6.45) is -2.90. The van der Waals surface area contributed by atoms with Gasteiger partial charge in [0, 0.05) is 16.9 Å². The van der Waals surface area contributed by atoms with Gasteiger partial charge in [-0.1, -0.05) is 76.6 Å². The van der Waals surface area contributed by atoms with Gasteiger partial charge in [0.15, 0.2) is 0 Å². The number of aliphatic hydroxyl groups excluding tert-OH is 2. The van der Waals surface area contributed by atoms with Gasteiger partial charge in [0.1, 0.15) is 18.8 Å². The molecule has 2 atom stereocenters. The molecule has 2 unspecified atom stereocenters. The van der Waals surface area contributed by atoms with Gasteiger partial charge in [-0.2, -0.15) is 0 Å². The third kappa shape index (κ3) is 4.51. The lowest BCUT2D eigenvalue weighted by Crippen LogP contribution is -2.36. The van der Waals surface area contributed by atoms with Gasteiger partial charge in [0.2, 0.25) is 0 Å². The lowest BCUT2D eigenvalue weighted by molar-refractivity contribution is 0.0185. The highest BCUT2D eigenvalue weighted by Crippen LogP contribution is 2.44. The molecule has 0 aromatic heterocycles. The Balaban J connectivity index is 1.34. The quantitative estimate of drug-likeness (QED) is 0.477. The van der Waals surface area contributed by atoms with E-state index < -0.39 is 18.3 Å². The zero-order chi connectivity index (χ0) is 22.0. The predicted molar refractivity (Wildman–Crippen MR) is 123 cm³/mol. The summed E-state index contributed by atoms with van der Waals surface area (Å²) >= 11 is 3.42. The number of nitrogens with one attached hydrogen (secondary N) is 1. The Kier molecular flexibility index (Phi) is 6.41. The molecule has 31 heavy (non-hydrogen) atoms. The highest BCUT2D eigenvalue weighted by Gasteiger charge is 2.29. The standard InChI is InChI=1S/C25H24BrNO4/c1-15-10-11-16(12-22(15)26)24(29)23(28)13-27-25(30)31-14-21-19-8-4-2-6-17(19)18-7-3-5-9-20(18)21/h2-12,21,23-24,28-29H,13-14H2,1H3,(H,27,30). The number of halogens is 1. The molecule has 0 spiro atoms. The number of amides is 1. The SMILES string of the molecule is Cc1ccc(C(O)C(O)CNC(=O)OCC2c3ccccc3-c3ccccc32)cc1Br. The van der Waals surface area contributed by atoms with E-state index in [1.54, 1.807) is 12.1 Å². The minimum atomic E-state index is -1.16. The number of hydrogen-bond donors (Lipinski definition) is 3. The number of rotatable bonds is 6. The van der Waals surface area contributed by atoms with Crippen LogP contribution in [0.2, 0.25) is 0 Å². The van der Waals surface area contributed by atoms with Crippen LogP contribution < -0.4 is 5.32 Å². The first kappa shape index (κ1) is 21.6. The Bertz CT molecular complexity index is 1050. The maximum absolute atomic E-state index is 12.3. The number of carbonyl (C=O) groups excluding carboxylic acids is 1. The number of alkyl carbamates (subject to hydrolysis) is 1. The number of fused-ring (bicyclic) bond motifs is 3. The second-order valence-corrected chi connectivity index (χ2v) is 8.58. The van der Waals surface area contributed by atoms with E-state index in [4.69, 9.17) is 4.74 Å². The Labute approximate surface area is 189 Å². The molecule has 5 nitrogen and oxygen atoms in total. The largest absolute Gasteiger partial charge is 0.449 e. The summed E-state index contributed by atoms with van der Waals surface area (Å²) in [5.41, 5.74) is 6.19. The first-order valence-electron chi connectivity index (χ1n) is 10.2. The van der Waals surface area contributed by atoms with Gasteiger partial charge in [-0.05, 0) is 46.4 Å². The number of benzene rings is 3. The monoisotopic (exact) mass is 481 g/mol. The first-order valence-corrected chi connectivity index (χ1v) is 11.0. The smallest absolute Gasteiger partial charge is 0.407 e. The maximum atomic E-state index is 12.3. The molecule has 1 aliphatic rings. The second kappa shape index (κ2) is 9.22. The minimum Gasteiger partial charge on any atom is -0.449 e. The van der Waals surface area contributed by atoms with Crippen molar-refractivity contribution >= 4 is 22.0 Å². The number of carbonyl (C=O) groups is 1. The van der Waals surface area contributed by atoms with Crippen LogP contribution in [-0.4, -0.2) is 35.6 Å². The van der Waals surface area contributed by atoms with Crippen LogP contribution in [0.3, 0.4) is 0 Å². The Morgan fingerprint density at radius 2 is 1.65 bits per heavy atom. The highest BCUT2D eigenvalue weighted by molar-refractivity contribution is 9.10. The summed E-state index contributed by atoms with van der Waals surface area (Å²) in [5, 5.41) is 23.2. The molecule has 4 rings (SSSR count). The van der Waals surface area contributed by atoms with Crippen molar-refractivity contribution < 1.29 is 19.7 Å². The van der Waals surface area contributed by atoms with Gasteiger partial charge in [-0.15, -0.1) is 0 Å². The van der Waals surface area contributed by atoms with E-state index in [2.05, 4.69) is 45.5 Å². The lowest BCUT2D eigenvalue weighted by atomic mass is 9.98. The van der Waals surface area contributed by atoms with E-state index >= 15 is 0 Å². The molecule has 6 heteroatoms. The van der Waals surface area contributed by atoms with Crippen molar-refractivity contribution in [3.63, 3.8) is 0 Å². The van der Waals surface area contributed by atoms with Crippen LogP contribution in [-0.2, 0) is 4.74 Å². The molecule has 0 saturated heterocycles. The molecular weight excluding hydrogens is 458 g/mol. The Morgan fingerprint density at radius 3 is 2.26 bits per heavy atom. The van der Waals surface area contributed by atoms with Crippen molar-refractivity contribution in [2.45, 2.75) is 25.0 Å². The fourth-order valence-corrected chi connectivity index (χ4v) is 4.36. The van der Waals surface area contributed by atoms with Crippen molar-refractivity contribution in [1.82, 2.24) is 5.32 Å². The summed E-state index contributed by atoms with van der Waals surface area (Å²) in [7, 11) is 0. The molecule has 3 aromatic rings. The van der Waals surface area contributed by atoms with Crippen LogP contribution >= 0.6 is 15.9 Å². The van der Waals surface area contributed by atoms with Gasteiger partial charge >= 0.3 is 6.09 Å². The molecule has 0 saturated carbocycles. The van der Waals surface area contributed by atoms with Crippen molar-refractivity contribution in [2.75, 3.05) is 13.2 Å². The third-order valence-electron chi connectivity index (χ3n) is 5.70. The summed E-state index contributed by atoms with van der Waals surface area (Å²) in [6.45, 7) is 2.02. The van der Waals surface area contributed by atoms with Crippen LogP contribution in [0.4, 0.5) is 4.79 Å². The zero-order valence-electron chi connectivity index (χ0n) is 17.1. The molecule has 160 valence electrons. The van der Waals surface area contributed by atoms with Gasteiger partial charge in [0.25, 0.3) is 0 Å². The summed E-state index contributed by atoms with van der Waals surface area (Å²) in [5.74, 6) is -0.0291. The molecule has 0 fully saturated rings. The predicted octanol–water partition coefficient (Wildman–Crippen LogP) is 4.69. The van der Waals surface area contributed by atoms with Gasteiger partial charge in [0.05, 0.1) is 0 Å². The molecule has 0 radical (unpaired) electrons. The molecule has 1 aliphatic carbocycles. The second-order valence-electron chi connectivity index (χ2n) is 7.73. The van der Waals surface area contributed by atoms with E-state index in [9.17, 15) is 15.0 Å². The fourth-order valence-electron chi connectivity index (χ4n) is 3.96. The number of hydrogen-bond acceptors (Lipinski definition) is 4. The van der Waals surface area contributed by atoms with Crippen molar-refractivity contribution in [3.05, 3.63) is 93.5 Å². The molecule has 0 aliphatic heterocycles. The van der Waals surface area contributed by atoms with Crippen LogP contribution in [0.15, 0.2) is 71.2 Å². The third-order valence-corrected chi connectivity index (χ3v) is 6.56. The van der Waals surface area contributed by atoms with Gasteiger partial charge in [-0.25, -0.2) is 4.79 Å². The van der Waals surface area contributed by atoms with E-state index in [1.807, 2.05) is 37.3 Å². The molecule has 3 N–H and O–H groups in total. The Morgan fingerprint density at radius 1 is 1.03 bits per heavy atom. The average molecular weight is 482 g/mol. The van der Waals surface area contributed by atoms with Gasteiger partial charge in [-0.3, -0.25) is 0 Å². The number of aryl methyl sites for hydroxylation is 1. The van der Waals surface area contributed by atoms with Crippen molar-refractivity contribution in [2.24, 2.45) is 0 Å². The van der Waals surface area contributed by atoms with E-state index in [-0.39, 0.29) is 19.1 Å². The van der Waals surface area contributed by atoms with Gasteiger partial charge < -0.3 is 20.3 Å². The van der Waals surface area contributed by atoms with Crippen LogP contribution in [0.1, 0.15) is 34.3 Å². The van der Waals surface area contributed by atoms with Crippen LogP contribution in [0.25, 0.3) is 11.1 Å². The summed E-state index contributed by atoms with van der Waals surface area (Å²) in [4.78, 5) is 12.3. The van der Waals surface area contributed by atoms with E-state index in [1.165, 1.54) is 0 Å². The van der Waals surface area contributed by atoms with Crippen molar-refractivity contribution in [1.29, 1.82) is 0 Å². The zero-order valence-corrected chi connectivity index (χ0v) is 18.7. The number of ether oxygens (including phenoxy) is 1. The average Bonchev–Trinajstić information content (AvgIpc) is 3.11. The van der Waals surface area contributed by atoms with Crippen LogP contribution in [0.5, 0.6) is 0 Å². The summed E-state index contributed by atoms with van der Waals surface area (Å²) < 4.78 is 6.31. The van der Waals surface area contributed by atoms with Crippen molar-refractivity contribution in [3.8, 4) is 11.1 Å². The first-order chi connectivity index (χ1) is 15.0. The molecule has 1 amide bonds. The Hall–Kier alpha value is -2.67. The molecular formula is C25H24BrNO4. The minimum absolute atomic E-state index is 0.0291. The maximum Gasteiger partial charge on any atom is 0.407 e. The normalized spacial score (nSPS) is 14.5. The lowest BCUT2D eigenvalue weighted by Gasteiger charge is -2.20. The number of aliphatic hydroxyl groups is 2.